The van der Waals surface area contributed by atoms with Gasteiger partial charge in [-0.15, -0.1) is 0 Å². The summed E-state index contributed by atoms with van der Waals surface area (Å²) in [4.78, 5) is 24.5. The number of ketones is 1. The summed E-state index contributed by atoms with van der Waals surface area (Å²) < 4.78 is 54.6. The number of hydrogen-bond donors (Lipinski definition) is 0. The van der Waals surface area contributed by atoms with Gasteiger partial charge in [0, 0.05) is 24.9 Å². The number of carbonyl (C=O) groups is 2. The Bertz CT molecular complexity index is 1160. The first-order valence-corrected chi connectivity index (χ1v) is 12.5. The van der Waals surface area contributed by atoms with Gasteiger partial charge >= 0.3 is 5.97 Å². The molecule has 0 bridgehead atoms. The normalized spacial score (nSPS) is 15.1. The predicted molar refractivity (Wildman–Crippen MR) is 109 cm³/mol. The van der Waals surface area contributed by atoms with Gasteiger partial charge in [-0.05, 0) is 55.3 Å². The van der Waals surface area contributed by atoms with Gasteiger partial charge < -0.3 is 4.74 Å². The summed E-state index contributed by atoms with van der Waals surface area (Å²) in [5, 5.41) is 0. The van der Waals surface area contributed by atoms with Gasteiger partial charge in [0.1, 0.15) is 0 Å². The first-order chi connectivity index (χ1) is 14.1. The number of carbonyl (C=O) groups excluding carboxylic acids is 2. The van der Waals surface area contributed by atoms with Gasteiger partial charge in [-0.25, -0.2) is 21.6 Å². The van der Waals surface area contributed by atoms with Crippen molar-refractivity contribution in [1.82, 2.24) is 4.31 Å². The van der Waals surface area contributed by atoms with Crippen LogP contribution >= 0.6 is 0 Å². The number of sulfonamides is 1. The minimum atomic E-state index is -3.57. The maximum atomic E-state index is 12.5. The Morgan fingerprint density at radius 3 is 2.13 bits per heavy atom. The lowest BCUT2D eigenvalue weighted by molar-refractivity contribution is 0.0474. The number of Topliss-reactive ketones (excluding diaryl/α,β-unsaturated/α-hetero) is 1. The summed E-state index contributed by atoms with van der Waals surface area (Å²) in [6.07, 6.45) is 2.68. The Morgan fingerprint density at radius 2 is 1.53 bits per heavy atom. The summed E-state index contributed by atoms with van der Waals surface area (Å²) in [6, 6.07) is 10.8. The van der Waals surface area contributed by atoms with E-state index < -0.39 is 38.2 Å². The summed E-state index contributed by atoms with van der Waals surface area (Å²) >= 11 is 0. The SMILES string of the molecule is CS(=O)(=O)c1cccc(C(=O)OCC(=O)c2ccc(S(=O)(=O)N3CCCC3)cc2)c1. The van der Waals surface area contributed by atoms with E-state index in [0.29, 0.717) is 13.1 Å². The van der Waals surface area contributed by atoms with Gasteiger partial charge in [0.25, 0.3) is 0 Å². The summed E-state index contributed by atoms with van der Waals surface area (Å²) in [5.41, 5.74) is 0.214. The van der Waals surface area contributed by atoms with Crippen molar-refractivity contribution in [3.63, 3.8) is 0 Å². The van der Waals surface area contributed by atoms with E-state index >= 15 is 0 Å². The number of ether oxygens (including phenoxy) is 1. The number of benzene rings is 2. The standard InChI is InChI=1S/C20H21NO7S2/c1-29(24,25)18-6-4-5-16(13-18)20(23)28-14-19(22)15-7-9-17(10-8-15)30(26,27)21-11-2-3-12-21/h4-10,13H,2-3,11-12,14H2,1H3. The molecule has 0 amide bonds. The summed E-state index contributed by atoms with van der Waals surface area (Å²) in [7, 11) is -7.05. The molecule has 3 rings (SSSR count). The van der Waals surface area contributed by atoms with Gasteiger partial charge in [0.15, 0.2) is 22.2 Å². The Morgan fingerprint density at radius 1 is 0.900 bits per heavy atom. The van der Waals surface area contributed by atoms with Crippen molar-refractivity contribution in [2.24, 2.45) is 0 Å². The fraction of sp³-hybridized carbons (Fsp3) is 0.300. The number of sulfone groups is 1. The molecule has 0 aromatic heterocycles. The average molecular weight is 452 g/mol. The topological polar surface area (TPSA) is 115 Å². The number of nitrogens with zero attached hydrogens (tertiary/aromatic N) is 1. The van der Waals surface area contributed by atoms with Crippen LogP contribution < -0.4 is 0 Å². The number of rotatable bonds is 7. The van der Waals surface area contributed by atoms with Crippen molar-refractivity contribution in [1.29, 1.82) is 0 Å². The molecule has 0 N–H and O–H groups in total. The van der Waals surface area contributed by atoms with E-state index in [9.17, 15) is 26.4 Å². The fourth-order valence-electron chi connectivity index (χ4n) is 3.04. The molecular weight excluding hydrogens is 430 g/mol. The maximum Gasteiger partial charge on any atom is 0.338 e. The molecule has 160 valence electrons. The van der Waals surface area contributed by atoms with Crippen LogP contribution in [0.25, 0.3) is 0 Å². The molecule has 0 atom stereocenters. The molecule has 0 saturated carbocycles. The molecule has 10 heteroatoms. The molecule has 1 saturated heterocycles. The molecule has 1 aliphatic heterocycles. The summed E-state index contributed by atoms with van der Waals surface area (Å²) in [5.74, 6) is -1.34. The third-order valence-electron chi connectivity index (χ3n) is 4.71. The lowest BCUT2D eigenvalue weighted by Crippen LogP contribution is -2.27. The molecule has 2 aromatic rings. The highest BCUT2D eigenvalue weighted by Gasteiger charge is 2.27. The quantitative estimate of drug-likeness (QED) is 0.466. The second-order valence-electron chi connectivity index (χ2n) is 6.93. The Balaban J connectivity index is 1.65. The molecule has 0 radical (unpaired) electrons. The molecule has 0 spiro atoms. The molecule has 1 heterocycles. The number of hydrogen-bond acceptors (Lipinski definition) is 7. The van der Waals surface area contributed by atoms with Crippen molar-refractivity contribution in [3.8, 4) is 0 Å². The van der Waals surface area contributed by atoms with Crippen LogP contribution in [0.2, 0.25) is 0 Å². The predicted octanol–water partition coefficient (Wildman–Crippen LogP) is 1.91. The van der Waals surface area contributed by atoms with Gasteiger partial charge in [-0.2, -0.15) is 4.31 Å². The van der Waals surface area contributed by atoms with Crippen LogP contribution in [0.5, 0.6) is 0 Å². The van der Waals surface area contributed by atoms with Crippen molar-refractivity contribution in [2.45, 2.75) is 22.6 Å². The highest BCUT2D eigenvalue weighted by atomic mass is 32.2. The van der Waals surface area contributed by atoms with Crippen LogP contribution in [0, 0.1) is 0 Å². The molecule has 2 aromatic carbocycles. The van der Waals surface area contributed by atoms with E-state index in [-0.39, 0.29) is 20.9 Å². The molecule has 1 aliphatic rings. The van der Waals surface area contributed by atoms with Gasteiger partial charge in [0.05, 0.1) is 15.4 Å². The van der Waals surface area contributed by atoms with Crippen LogP contribution in [-0.2, 0) is 24.6 Å². The fourth-order valence-corrected chi connectivity index (χ4v) is 5.23. The monoisotopic (exact) mass is 451 g/mol. The molecule has 30 heavy (non-hydrogen) atoms. The molecule has 0 unspecified atom stereocenters. The minimum absolute atomic E-state index is 0.0118. The zero-order valence-corrected chi connectivity index (χ0v) is 17.9. The Labute approximate surface area is 175 Å². The minimum Gasteiger partial charge on any atom is -0.454 e. The van der Waals surface area contributed by atoms with E-state index in [4.69, 9.17) is 4.74 Å². The van der Waals surface area contributed by atoms with Crippen molar-refractivity contribution in [2.75, 3.05) is 26.0 Å². The molecule has 0 aliphatic carbocycles. The van der Waals surface area contributed by atoms with Crippen molar-refractivity contribution in [3.05, 3.63) is 59.7 Å². The second kappa shape index (κ2) is 8.66. The summed E-state index contributed by atoms with van der Waals surface area (Å²) in [6.45, 7) is 0.416. The lowest BCUT2D eigenvalue weighted by Gasteiger charge is -2.15. The highest BCUT2D eigenvalue weighted by Crippen LogP contribution is 2.21. The first kappa shape index (κ1) is 22.1. The van der Waals surface area contributed by atoms with Crippen LogP contribution in [0.4, 0.5) is 0 Å². The van der Waals surface area contributed by atoms with Crippen LogP contribution in [0.3, 0.4) is 0 Å². The Kier molecular flexibility index (Phi) is 6.39. The van der Waals surface area contributed by atoms with Crippen LogP contribution in [-0.4, -0.2) is 58.8 Å². The van der Waals surface area contributed by atoms with E-state index in [1.165, 1.54) is 52.8 Å². The largest absolute Gasteiger partial charge is 0.454 e. The van der Waals surface area contributed by atoms with Crippen LogP contribution in [0.1, 0.15) is 33.6 Å². The average Bonchev–Trinajstić information content (AvgIpc) is 3.27. The Hall–Kier alpha value is -2.56. The second-order valence-corrected chi connectivity index (χ2v) is 10.9. The third kappa shape index (κ3) is 4.94. The lowest BCUT2D eigenvalue weighted by atomic mass is 10.1. The zero-order chi connectivity index (χ0) is 21.9. The maximum absolute atomic E-state index is 12.5. The van der Waals surface area contributed by atoms with E-state index in [1.807, 2.05) is 0 Å². The van der Waals surface area contributed by atoms with Crippen molar-refractivity contribution >= 4 is 31.6 Å². The van der Waals surface area contributed by atoms with E-state index in [2.05, 4.69) is 0 Å². The molecule has 8 nitrogen and oxygen atoms in total. The molecular formula is C20H21NO7S2. The van der Waals surface area contributed by atoms with Crippen molar-refractivity contribution < 1.29 is 31.2 Å². The van der Waals surface area contributed by atoms with Gasteiger partial charge in [0.2, 0.25) is 10.0 Å². The zero-order valence-electron chi connectivity index (χ0n) is 16.3. The number of esters is 1. The van der Waals surface area contributed by atoms with Crippen LogP contribution in [0.15, 0.2) is 58.3 Å². The van der Waals surface area contributed by atoms with Gasteiger partial charge in [-0.1, -0.05) is 6.07 Å². The van der Waals surface area contributed by atoms with E-state index in [0.717, 1.165) is 19.1 Å². The smallest absolute Gasteiger partial charge is 0.338 e. The van der Waals surface area contributed by atoms with Gasteiger partial charge in [-0.3, -0.25) is 4.79 Å². The third-order valence-corrected chi connectivity index (χ3v) is 7.73. The first-order valence-electron chi connectivity index (χ1n) is 9.20. The van der Waals surface area contributed by atoms with E-state index in [1.54, 1.807) is 0 Å². The molecule has 1 fully saturated rings. The highest BCUT2D eigenvalue weighted by molar-refractivity contribution is 7.90.